The lowest BCUT2D eigenvalue weighted by atomic mass is 10.2. The lowest BCUT2D eigenvalue weighted by Crippen LogP contribution is -2.06. The standard InChI is InChI=1S/C14H16N2S/c1-11-3-5-13(6-4-11)17-14-10-16-8-7-12(14)9-15-2/h3-8,10,15H,9H2,1-2H3. The summed E-state index contributed by atoms with van der Waals surface area (Å²) in [5.74, 6) is 0. The van der Waals surface area contributed by atoms with Gasteiger partial charge in [-0.15, -0.1) is 0 Å². The fourth-order valence-electron chi connectivity index (χ4n) is 1.57. The zero-order valence-electron chi connectivity index (χ0n) is 10.1. The van der Waals surface area contributed by atoms with Crippen LogP contribution in [0.3, 0.4) is 0 Å². The van der Waals surface area contributed by atoms with Crippen LogP contribution in [0, 0.1) is 6.92 Å². The molecule has 1 N–H and O–H groups in total. The second kappa shape index (κ2) is 5.84. The summed E-state index contributed by atoms with van der Waals surface area (Å²) in [4.78, 5) is 6.66. The summed E-state index contributed by atoms with van der Waals surface area (Å²) in [5, 5.41) is 3.18. The third-order valence-electron chi connectivity index (χ3n) is 2.49. The molecule has 0 fully saturated rings. The van der Waals surface area contributed by atoms with Crippen LogP contribution in [0.25, 0.3) is 0 Å². The first-order valence-electron chi connectivity index (χ1n) is 5.61. The predicted octanol–water partition coefficient (Wildman–Crippen LogP) is 3.26. The molecule has 0 bridgehead atoms. The minimum Gasteiger partial charge on any atom is -0.316 e. The maximum Gasteiger partial charge on any atom is 0.0410 e. The van der Waals surface area contributed by atoms with Gasteiger partial charge in [-0.25, -0.2) is 0 Å². The number of aromatic nitrogens is 1. The van der Waals surface area contributed by atoms with Crippen molar-refractivity contribution in [2.75, 3.05) is 7.05 Å². The van der Waals surface area contributed by atoms with Crippen molar-refractivity contribution < 1.29 is 0 Å². The second-order valence-corrected chi connectivity index (χ2v) is 5.04. The molecular formula is C14H16N2S. The number of nitrogens with zero attached hydrogens (tertiary/aromatic N) is 1. The summed E-state index contributed by atoms with van der Waals surface area (Å²) in [7, 11) is 1.96. The van der Waals surface area contributed by atoms with Gasteiger partial charge in [-0.3, -0.25) is 4.98 Å². The summed E-state index contributed by atoms with van der Waals surface area (Å²) < 4.78 is 0. The number of nitrogens with one attached hydrogen (secondary N) is 1. The van der Waals surface area contributed by atoms with E-state index in [9.17, 15) is 0 Å². The quantitative estimate of drug-likeness (QED) is 0.893. The van der Waals surface area contributed by atoms with Gasteiger partial charge < -0.3 is 5.32 Å². The fraction of sp³-hybridized carbons (Fsp3) is 0.214. The lowest BCUT2D eigenvalue weighted by molar-refractivity contribution is 0.799. The number of aryl methyl sites for hydroxylation is 1. The van der Waals surface area contributed by atoms with Crippen LogP contribution in [0.1, 0.15) is 11.1 Å². The molecule has 1 heterocycles. The molecule has 2 aromatic rings. The highest BCUT2D eigenvalue weighted by molar-refractivity contribution is 7.99. The summed E-state index contributed by atoms with van der Waals surface area (Å²) in [6.45, 7) is 2.97. The molecule has 0 saturated heterocycles. The first-order valence-corrected chi connectivity index (χ1v) is 6.43. The highest BCUT2D eigenvalue weighted by atomic mass is 32.2. The Morgan fingerprint density at radius 3 is 2.65 bits per heavy atom. The van der Waals surface area contributed by atoms with E-state index in [0.29, 0.717) is 0 Å². The second-order valence-electron chi connectivity index (χ2n) is 3.93. The molecule has 0 aliphatic heterocycles. The molecule has 0 radical (unpaired) electrons. The zero-order chi connectivity index (χ0) is 12.1. The first kappa shape index (κ1) is 12.1. The Kier molecular flexibility index (Phi) is 4.18. The molecule has 0 aliphatic rings. The van der Waals surface area contributed by atoms with E-state index in [1.165, 1.54) is 20.9 Å². The molecule has 0 atom stereocenters. The number of benzene rings is 1. The Labute approximate surface area is 106 Å². The SMILES string of the molecule is CNCc1ccncc1Sc1ccc(C)cc1. The number of pyridine rings is 1. The molecule has 17 heavy (non-hydrogen) atoms. The van der Waals surface area contributed by atoms with E-state index in [-0.39, 0.29) is 0 Å². The molecule has 0 saturated carbocycles. The van der Waals surface area contributed by atoms with Gasteiger partial charge in [0.1, 0.15) is 0 Å². The van der Waals surface area contributed by atoms with E-state index < -0.39 is 0 Å². The van der Waals surface area contributed by atoms with Gasteiger partial charge in [0, 0.05) is 28.7 Å². The van der Waals surface area contributed by atoms with Gasteiger partial charge in [-0.2, -0.15) is 0 Å². The molecule has 2 nitrogen and oxygen atoms in total. The van der Waals surface area contributed by atoms with E-state index in [1.807, 2.05) is 19.4 Å². The molecule has 1 aromatic carbocycles. The van der Waals surface area contributed by atoms with Gasteiger partial charge in [-0.1, -0.05) is 29.5 Å². The maximum atomic E-state index is 4.19. The molecule has 0 aliphatic carbocycles. The van der Waals surface area contributed by atoms with Crippen LogP contribution in [0.15, 0.2) is 52.5 Å². The maximum absolute atomic E-state index is 4.19. The van der Waals surface area contributed by atoms with E-state index in [1.54, 1.807) is 11.8 Å². The van der Waals surface area contributed by atoms with Crippen molar-refractivity contribution in [2.24, 2.45) is 0 Å². The van der Waals surface area contributed by atoms with E-state index in [2.05, 4.69) is 47.6 Å². The Morgan fingerprint density at radius 1 is 1.18 bits per heavy atom. The van der Waals surface area contributed by atoms with Crippen molar-refractivity contribution in [3.8, 4) is 0 Å². The Balaban J connectivity index is 2.20. The third kappa shape index (κ3) is 3.32. The van der Waals surface area contributed by atoms with Crippen molar-refractivity contribution in [1.29, 1.82) is 0 Å². The Morgan fingerprint density at radius 2 is 1.94 bits per heavy atom. The van der Waals surface area contributed by atoms with Gasteiger partial charge in [0.2, 0.25) is 0 Å². The fourth-order valence-corrected chi connectivity index (χ4v) is 2.48. The molecular weight excluding hydrogens is 228 g/mol. The van der Waals surface area contributed by atoms with Crippen molar-refractivity contribution in [1.82, 2.24) is 10.3 Å². The summed E-state index contributed by atoms with van der Waals surface area (Å²) in [6.07, 6.45) is 3.77. The van der Waals surface area contributed by atoms with Crippen LogP contribution in [0.5, 0.6) is 0 Å². The normalized spacial score (nSPS) is 10.5. The Hall–Kier alpha value is -1.32. The average Bonchev–Trinajstić information content (AvgIpc) is 2.35. The minimum atomic E-state index is 0.872. The van der Waals surface area contributed by atoms with Crippen LogP contribution < -0.4 is 5.32 Å². The zero-order valence-corrected chi connectivity index (χ0v) is 10.9. The first-order chi connectivity index (χ1) is 8.29. The van der Waals surface area contributed by atoms with Crippen molar-refractivity contribution in [3.05, 3.63) is 53.9 Å². The van der Waals surface area contributed by atoms with Crippen molar-refractivity contribution in [3.63, 3.8) is 0 Å². The molecule has 0 unspecified atom stereocenters. The highest BCUT2D eigenvalue weighted by Crippen LogP contribution is 2.29. The summed E-state index contributed by atoms with van der Waals surface area (Å²) in [6, 6.07) is 10.6. The number of hydrogen-bond acceptors (Lipinski definition) is 3. The molecule has 3 heteroatoms. The van der Waals surface area contributed by atoms with Gasteiger partial charge in [0.15, 0.2) is 0 Å². The molecule has 0 spiro atoms. The predicted molar refractivity (Wildman–Crippen MR) is 72.3 cm³/mol. The largest absolute Gasteiger partial charge is 0.316 e. The summed E-state index contributed by atoms with van der Waals surface area (Å²) >= 11 is 1.76. The van der Waals surface area contributed by atoms with Gasteiger partial charge in [0.25, 0.3) is 0 Å². The van der Waals surface area contributed by atoms with Gasteiger partial charge in [-0.05, 0) is 37.7 Å². The van der Waals surface area contributed by atoms with Gasteiger partial charge in [0.05, 0.1) is 0 Å². The van der Waals surface area contributed by atoms with Gasteiger partial charge >= 0.3 is 0 Å². The smallest absolute Gasteiger partial charge is 0.0410 e. The Bertz CT molecular complexity index is 480. The van der Waals surface area contributed by atoms with E-state index in [4.69, 9.17) is 0 Å². The van der Waals surface area contributed by atoms with Crippen LogP contribution in [0.4, 0.5) is 0 Å². The third-order valence-corrected chi connectivity index (χ3v) is 3.58. The molecule has 1 aromatic heterocycles. The summed E-state index contributed by atoms with van der Waals surface area (Å²) in [5.41, 5.74) is 2.57. The van der Waals surface area contributed by atoms with Crippen LogP contribution >= 0.6 is 11.8 Å². The number of hydrogen-bond donors (Lipinski definition) is 1. The monoisotopic (exact) mass is 244 g/mol. The van der Waals surface area contributed by atoms with E-state index >= 15 is 0 Å². The van der Waals surface area contributed by atoms with Crippen LogP contribution in [-0.2, 0) is 6.54 Å². The molecule has 2 rings (SSSR count). The molecule has 88 valence electrons. The minimum absolute atomic E-state index is 0.872. The van der Waals surface area contributed by atoms with Crippen molar-refractivity contribution in [2.45, 2.75) is 23.3 Å². The molecule has 0 amide bonds. The number of rotatable bonds is 4. The topological polar surface area (TPSA) is 24.9 Å². The van der Waals surface area contributed by atoms with Crippen molar-refractivity contribution >= 4 is 11.8 Å². The van der Waals surface area contributed by atoms with E-state index in [0.717, 1.165) is 6.54 Å². The lowest BCUT2D eigenvalue weighted by Gasteiger charge is -2.08. The van der Waals surface area contributed by atoms with Crippen LogP contribution in [-0.4, -0.2) is 12.0 Å². The average molecular weight is 244 g/mol. The highest BCUT2D eigenvalue weighted by Gasteiger charge is 2.03. The van der Waals surface area contributed by atoms with Crippen LogP contribution in [0.2, 0.25) is 0 Å².